The highest BCUT2D eigenvalue weighted by molar-refractivity contribution is 5.90. The van der Waals surface area contributed by atoms with Crippen LogP contribution in [0.2, 0.25) is 0 Å². The molecule has 1 rings (SSSR count). The van der Waals surface area contributed by atoms with Gasteiger partial charge in [-0.3, -0.25) is 9.59 Å². The molecule has 0 spiro atoms. The lowest BCUT2D eigenvalue weighted by Gasteiger charge is -2.14. The first kappa shape index (κ1) is 12.6. The summed E-state index contributed by atoms with van der Waals surface area (Å²) >= 11 is 0. The second-order valence-corrected chi connectivity index (χ2v) is 3.82. The Balaban J connectivity index is 2.50. The van der Waals surface area contributed by atoms with E-state index in [2.05, 4.69) is 5.32 Å². The summed E-state index contributed by atoms with van der Waals surface area (Å²) in [4.78, 5) is 33.2. The number of carboxylic acids is 1. The van der Waals surface area contributed by atoms with E-state index in [4.69, 9.17) is 9.84 Å². The number of carbonyl (C=O) groups excluding carboxylic acids is 2. The first-order valence-electron chi connectivity index (χ1n) is 5.11. The monoisotopic (exact) mass is 229 g/mol. The van der Waals surface area contributed by atoms with Crippen molar-refractivity contribution >= 4 is 17.7 Å². The lowest BCUT2D eigenvalue weighted by atomic mass is 9.97. The molecule has 2 unspecified atom stereocenters. The predicted molar refractivity (Wildman–Crippen MR) is 53.8 cm³/mol. The Hall–Kier alpha value is -1.43. The van der Waals surface area contributed by atoms with E-state index in [-0.39, 0.29) is 18.1 Å². The molecular formula is C10H15NO5. The lowest BCUT2D eigenvalue weighted by Crippen LogP contribution is -2.42. The number of Topliss-reactive ketones (excluding diaryl/α,β-unsaturated/α-hetero) is 1. The molecule has 0 aromatic rings. The zero-order valence-corrected chi connectivity index (χ0v) is 9.06. The van der Waals surface area contributed by atoms with Gasteiger partial charge < -0.3 is 15.2 Å². The van der Waals surface area contributed by atoms with Crippen molar-refractivity contribution in [1.82, 2.24) is 5.32 Å². The molecule has 0 aromatic heterocycles. The standard InChI is InChI=1S/C10H15NO5/c1-6(12)11-8(10(14)15)4-9(13)7-2-3-16-5-7/h7-8H,2-5H2,1H3,(H,11,12)(H,14,15). The van der Waals surface area contributed by atoms with Crippen molar-refractivity contribution in [1.29, 1.82) is 0 Å². The van der Waals surface area contributed by atoms with Gasteiger partial charge in [-0.25, -0.2) is 4.79 Å². The number of rotatable bonds is 5. The first-order valence-corrected chi connectivity index (χ1v) is 5.11. The summed E-state index contributed by atoms with van der Waals surface area (Å²) in [6.07, 6.45) is 0.453. The Morgan fingerprint density at radius 3 is 2.62 bits per heavy atom. The predicted octanol–water partition coefficient (Wildman–Crippen LogP) is -0.429. The summed E-state index contributed by atoms with van der Waals surface area (Å²) in [5.41, 5.74) is 0. The SMILES string of the molecule is CC(=O)NC(CC(=O)C1CCOC1)C(=O)O. The molecule has 1 aliphatic rings. The van der Waals surface area contributed by atoms with Crippen LogP contribution in [-0.2, 0) is 19.1 Å². The Bertz CT molecular complexity index is 296. The molecule has 1 saturated heterocycles. The summed E-state index contributed by atoms with van der Waals surface area (Å²) < 4.78 is 5.05. The van der Waals surface area contributed by atoms with Crippen LogP contribution in [0.15, 0.2) is 0 Å². The quantitative estimate of drug-likeness (QED) is 0.667. The van der Waals surface area contributed by atoms with E-state index in [1.807, 2.05) is 0 Å². The second-order valence-electron chi connectivity index (χ2n) is 3.82. The van der Waals surface area contributed by atoms with Crippen LogP contribution in [-0.4, -0.2) is 42.0 Å². The molecule has 0 aliphatic carbocycles. The molecule has 0 aromatic carbocycles. The van der Waals surface area contributed by atoms with Crippen LogP contribution in [0, 0.1) is 5.92 Å². The first-order chi connectivity index (χ1) is 7.50. The molecular weight excluding hydrogens is 214 g/mol. The van der Waals surface area contributed by atoms with Gasteiger partial charge in [-0.15, -0.1) is 0 Å². The fraction of sp³-hybridized carbons (Fsp3) is 0.700. The Labute approximate surface area is 93.0 Å². The highest BCUT2D eigenvalue weighted by atomic mass is 16.5. The third-order valence-corrected chi connectivity index (χ3v) is 2.47. The number of hydrogen-bond donors (Lipinski definition) is 2. The van der Waals surface area contributed by atoms with Crippen molar-refractivity contribution < 1.29 is 24.2 Å². The van der Waals surface area contributed by atoms with E-state index in [9.17, 15) is 14.4 Å². The van der Waals surface area contributed by atoms with Gasteiger partial charge >= 0.3 is 5.97 Å². The minimum absolute atomic E-state index is 0.168. The highest BCUT2D eigenvalue weighted by Crippen LogP contribution is 2.16. The summed E-state index contributed by atoms with van der Waals surface area (Å²) in [7, 11) is 0. The van der Waals surface area contributed by atoms with E-state index < -0.39 is 17.9 Å². The van der Waals surface area contributed by atoms with E-state index >= 15 is 0 Å². The molecule has 16 heavy (non-hydrogen) atoms. The smallest absolute Gasteiger partial charge is 0.326 e. The van der Waals surface area contributed by atoms with Gasteiger partial charge in [0, 0.05) is 25.9 Å². The molecule has 1 amide bonds. The van der Waals surface area contributed by atoms with Crippen LogP contribution < -0.4 is 5.32 Å². The molecule has 2 atom stereocenters. The summed E-state index contributed by atoms with van der Waals surface area (Å²) in [6, 6.07) is -1.13. The van der Waals surface area contributed by atoms with Crippen molar-refractivity contribution in [2.24, 2.45) is 5.92 Å². The number of ether oxygens (including phenoxy) is 1. The van der Waals surface area contributed by atoms with Crippen molar-refractivity contribution in [2.75, 3.05) is 13.2 Å². The van der Waals surface area contributed by atoms with Gasteiger partial charge in [-0.05, 0) is 6.42 Å². The molecule has 1 heterocycles. The summed E-state index contributed by atoms with van der Waals surface area (Å²) in [6.45, 7) is 2.11. The van der Waals surface area contributed by atoms with Gasteiger partial charge in [0.05, 0.1) is 6.61 Å². The third-order valence-electron chi connectivity index (χ3n) is 2.47. The maximum absolute atomic E-state index is 11.6. The summed E-state index contributed by atoms with van der Waals surface area (Å²) in [5.74, 6) is -2.04. The average Bonchev–Trinajstić information content (AvgIpc) is 2.68. The van der Waals surface area contributed by atoms with Gasteiger partial charge in [0.15, 0.2) is 0 Å². The number of aliphatic carboxylic acids is 1. The number of carbonyl (C=O) groups is 3. The molecule has 0 bridgehead atoms. The molecule has 0 saturated carbocycles. The van der Waals surface area contributed by atoms with E-state index in [1.165, 1.54) is 6.92 Å². The number of ketones is 1. The van der Waals surface area contributed by atoms with Gasteiger partial charge in [0.1, 0.15) is 11.8 Å². The maximum atomic E-state index is 11.6. The Kier molecular flexibility index (Phi) is 4.42. The second kappa shape index (κ2) is 5.60. The maximum Gasteiger partial charge on any atom is 0.326 e. The number of amides is 1. The normalized spacial score (nSPS) is 21.4. The zero-order valence-electron chi connectivity index (χ0n) is 9.06. The number of nitrogens with one attached hydrogen (secondary N) is 1. The van der Waals surface area contributed by atoms with Crippen LogP contribution in [0.3, 0.4) is 0 Å². The van der Waals surface area contributed by atoms with Crippen molar-refractivity contribution in [3.05, 3.63) is 0 Å². The average molecular weight is 229 g/mol. The Morgan fingerprint density at radius 2 is 2.19 bits per heavy atom. The number of hydrogen-bond acceptors (Lipinski definition) is 4. The van der Waals surface area contributed by atoms with Crippen LogP contribution in [0.25, 0.3) is 0 Å². The third kappa shape index (κ3) is 3.62. The highest BCUT2D eigenvalue weighted by Gasteiger charge is 2.29. The van der Waals surface area contributed by atoms with Gasteiger partial charge in [-0.1, -0.05) is 0 Å². The largest absolute Gasteiger partial charge is 0.480 e. The van der Waals surface area contributed by atoms with E-state index in [0.29, 0.717) is 19.6 Å². The van der Waals surface area contributed by atoms with Gasteiger partial charge in [0.25, 0.3) is 0 Å². The fourth-order valence-corrected chi connectivity index (χ4v) is 1.60. The zero-order chi connectivity index (χ0) is 12.1. The molecule has 6 heteroatoms. The van der Waals surface area contributed by atoms with E-state index in [0.717, 1.165) is 0 Å². The number of carboxylic acid groups (broad SMARTS) is 1. The fourth-order valence-electron chi connectivity index (χ4n) is 1.60. The molecule has 2 N–H and O–H groups in total. The molecule has 6 nitrogen and oxygen atoms in total. The van der Waals surface area contributed by atoms with Crippen LogP contribution in [0.4, 0.5) is 0 Å². The minimum Gasteiger partial charge on any atom is -0.480 e. The van der Waals surface area contributed by atoms with Crippen LogP contribution in [0.1, 0.15) is 19.8 Å². The topological polar surface area (TPSA) is 92.7 Å². The Morgan fingerprint density at radius 1 is 1.50 bits per heavy atom. The lowest BCUT2D eigenvalue weighted by molar-refractivity contribution is -0.143. The van der Waals surface area contributed by atoms with Gasteiger partial charge in [-0.2, -0.15) is 0 Å². The van der Waals surface area contributed by atoms with Crippen LogP contribution >= 0.6 is 0 Å². The van der Waals surface area contributed by atoms with Gasteiger partial charge in [0.2, 0.25) is 5.91 Å². The molecule has 1 fully saturated rings. The van der Waals surface area contributed by atoms with Crippen LogP contribution in [0.5, 0.6) is 0 Å². The molecule has 1 aliphatic heterocycles. The minimum atomic E-state index is -1.19. The van der Waals surface area contributed by atoms with Crippen molar-refractivity contribution in [2.45, 2.75) is 25.8 Å². The van der Waals surface area contributed by atoms with Crippen molar-refractivity contribution in [3.63, 3.8) is 0 Å². The molecule has 90 valence electrons. The molecule has 0 radical (unpaired) electrons. The van der Waals surface area contributed by atoms with E-state index in [1.54, 1.807) is 0 Å². The summed E-state index contributed by atoms with van der Waals surface area (Å²) in [5, 5.41) is 11.0. The van der Waals surface area contributed by atoms with Crippen molar-refractivity contribution in [3.8, 4) is 0 Å².